The van der Waals surface area contributed by atoms with Gasteiger partial charge in [-0.3, -0.25) is 4.79 Å². The number of benzene rings is 1. The van der Waals surface area contributed by atoms with Crippen LogP contribution in [0.15, 0.2) is 46.9 Å². The lowest BCUT2D eigenvalue weighted by Crippen LogP contribution is -2.21. The van der Waals surface area contributed by atoms with Gasteiger partial charge in [-0.1, -0.05) is 31.2 Å². The number of carbonyl (C=O) groups is 1. The third-order valence-corrected chi connectivity index (χ3v) is 6.01. The fraction of sp³-hybridized carbons (Fsp3) is 0.350. The number of hydrogen-bond donors (Lipinski definition) is 2. The number of amides is 1. The van der Waals surface area contributed by atoms with Crippen LogP contribution in [0, 0.1) is 5.92 Å². The van der Waals surface area contributed by atoms with Crippen LogP contribution in [0.2, 0.25) is 0 Å². The molecule has 0 bridgehead atoms. The quantitative estimate of drug-likeness (QED) is 0.681. The molecule has 2 atom stereocenters. The van der Waals surface area contributed by atoms with Crippen LogP contribution >= 0.6 is 0 Å². The van der Waals surface area contributed by atoms with Crippen LogP contribution in [-0.4, -0.2) is 21.4 Å². The monoisotopic (exact) mass is 388 g/mol. The minimum absolute atomic E-state index is 0.0658. The lowest BCUT2D eigenvalue weighted by molar-refractivity contribution is -0.116. The Labute approximate surface area is 159 Å². The Balaban J connectivity index is 1.48. The smallest absolute Gasteiger partial charge is 0.244 e. The molecule has 1 aliphatic rings. The van der Waals surface area contributed by atoms with Gasteiger partial charge in [-0.2, -0.15) is 0 Å². The topological polar surface area (TPSA) is 88.4 Å². The first-order valence-electron chi connectivity index (χ1n) is 8.91. The second kappa shape index (κ2) is 8.10. The first kappa shape index (κ1) is 19.4. The van der Waals surface area contributed by atoms with Gasteiger partial charge < -0.3 is 9.73 Å². The van der Waals surface area contributed by atoms with Crippen LogP contribution in [0.1, 0.15) is 41.9 Å². The molecule has 0 aliphatic heterocycles. The molecule has 2 unspecified atom stereocenters. The average Bonchev–Trinajstić information content (AvgIpc) is 3.19. The molecule has 1 aliphatic carbocycles. The van der Waals surface area contributed by atoms with Crippen molar-refractivity contribution in [1.82, 2.24) is 10.0 Å². The summed E-state index contributed by atoms with van der Waals surface area (Å²) in [7, 11) is -1.89. The molecule has 0 radical (unpaired) electrons. The summed E-state index contributed by atoms with van der Waals surface area (Å²) in [5.41, 5.74) is 1.59. The van der Waals surface area contributed by atoms with Crippen LogP contribution in [-0.2, 0) is 27.1 Å². The number of carbonyl (C=O) groups excluding carboxylic acids is 1. The van der Waals surface area contributed by atoms with Crippen LogP contribution < -0.4 is 10.0 Å². The maximum absolute atomic E-state index is 12.0. The Morgan fingerprint density at radius 2 is 1.85 bits per heavy atom. The second-order valence-corrected chi connectivity index (χ2v) is 8.82. The number of nitrogens with one attached hydrogen (secondary N) is 2. The summed E-state index contributed by atoms with van der Waals surface area (Å²) in [5, 5.41) is 2.80. The maximum Gasteiger partial charge on any atom is 0.244 e. The van der Waals surface area contributed by atoms with Crippen molar-refractivity contribution in [3.8, 4) is 0 Å². The minimum Gasteiger partial charge on any atom is -0.461 e. The molecule has 144 valence electrons. The van der Waals surface area contributed by atoms with Crippen LogP contribution in [0.3, 0.4) is 0 Å². The number of furan rings is 1. The summed E-state index contributed by atoms with van der Waals surface area (Å²) >= 11 is 0. The van der Waals surface area contributed by atoms with Crippen molar-refractivity contribution in [2.24, 2.45) is 5.92 Å². The van der Waals surface area contributed by atoms with Crippen molar-refractivity contribution in [3.05, 3.63) is 65.1 Å². The predicted molar refractivity (Wildman–Crippen MR) is 104 cm³/mol. The van der Waals surface area contributed by atoms with E-state index in [-0.39, 0.29) is 11.7 Å². The van der Waals surface area contributed by atoms with Crippen LogP contribution in [0.4, 0.5) is 0 Å². The zero-order chi connectivity index (χ0) is 19.4. The number of rotatable bonds is 8. The van der Waals surface area contributed by atoms with Crippen molar-refractivity contribution in [2.45, 2.75) is 31.6 Å². The van der Waals surface area contributed by atoms with E-state index in [1.807, 2.05) is 12.1 Å². The Kier molecular flexibility index (Phi) is 5.82. The molecular weight excluding hydrogens is 364 g/mol. The summed E-state index contributed by atoms with van der Waals surface area (Å²) in [6.07, 6.45) is 4.28. The van der Waals surface area contributed by atoms with Gasteiger partial charge in [0.25, 0.3) is 0 Å². The largest absolute Gasteiger partial charge is 0.461 e. The van der Waals surface area contributed by atoms with Crippen molar-refractivity contribution >= 4 is 22.0 Å². The average molecular weight is 388 g/mol. The van der Waals surface area contributed by atoms with Gasteiger partial charge in [0.15, 0.2) is 0 Å². The molecule has 3 rings (SSSR count). The fourth-order valence-electron chi connectivity index (χ4n) is 2.83. The highest BCUT2D eigenvalue weighted by atomic mass is 32.2. The molecule has 0 saturated heterocycles. The predicted octanol–water partition coefficient (Wildman–Crippen LogP) is 2.78. The summed E-state index contributed by atoms with van der Waals surface area (Å²) < 4.78 is 31.1. The fourth-order valence-corrected chi connectivity index (χ4v) is 3.60. The van der Waals surface area contributed by atoms with E-state index >= 15 is 0 Å². The summed E-state index contributed by atoms with van der Waals surface area (Å²) in [6, 6.07) is 11.0. The Morgan fingerprint density at radius 1 is 1.19 bits per heavy atom. The molecule has 1 amide bonds. The van der Waals surface area contributed by atoms with E-state index in [0.29, 0.717) is 29.7 Å². The Hall–Kier alpha value is -2.38. The van der Waals surface area contributed by atoms with E-state index < -0.39 is 10.0 Å². The molecule has 7 heteroatoms. The molecule has 1 aromatic carbocycles. The summed E-state index contributed by atoms with van der Waals surface area (Å²) in [5.74, 6) is 2.59. The highest BCUT2D eigenvalue weighted by Crippen LogP contribution is 2.47. The van der Waals surface area contributed by atoms with Gasteiger partial charge in [-0.15, -0.1) is 0 Å². The third-order valence-electron chi connectivity index (χ3n) is 4.68. The number of hydrogen-bond acceptors (Lipinski definition) is 4. The van der Waals surface area contributed by atoms with Gasteiger partial charge in [0.1, 0.15) is 11.5 Å². The first-order valence-corrected chi connectivity index (χ1v) is 10.6. The molecule has 6 nitrogen and oxygen atoms in total. The van der Waals surface area contributed by atoms with E-state index in [4.69, 9.17) is 4.42 Å². The normalized spacial score (nSPS) is 19.3. The van der Waals surface area contributed by atoms with Gasteiger partial charge in [0.05, 0.1) is 5.75 Å². The molecule has 1 fully saturated rings. The van der Waals surface area contributed by atoms with Crippen molar-refractivity contribution < 1.29 is 17.6 Å². The Bertz CT molecular complexity index is 929. The van der Waals surface area contributed by atoms with Gasteiger partial charge >= 0.3 is 0 Å². The molecule has 1 saturated carbocycles. The lowest BCUT2D eigenvalue weighted by Gasteiger charge is -2.05. The minimum atomic E-state index is -3.29. The first-order chi connectivity index (χ1) is 12.9. The highest BCUT2D eigenvalue weighted by Gasteiger charge is 2.36. The van der Waals surface area contributed by atoms with Crippen LogP contribution in [0.5, 0.6) is 0 Å². The van der Waals surface area contributed by atoms with E-state index in [0.717, 1.165) is 17.7 Å². The van der Waals surface area contributed by atoms with Crippen molar-refractivity contribution in [1.29, 1.82) is 0 Å². The standard InChI is InChI=1S/C20H24N2O4S/c1-14-11-18(14)19-9-7-17(26-19)8-10-20(23)22-12-15-3-5-16(6-4-15)13-27(24,25)21-2/h3-10,14,18,21H,11-13H2,1-2H3,(H,22,23)/b10-8+. The molecule has 2 aromatic rings. The summed E-state index contributed by atoms with van der Waals surface area (Å²) in [6.45, 7) is 2.56. The SMILES string of the molecule is CNS(=O)(=O)Cc1ccc(CNC(=O)/C=C/c2ccc(C3CC3C)o2)cc1. The Morgan fingerprint density at radius 3 is 2.48 bits per heavy atom. The molecule has 2 N–H and O–H groups in total. The van der Waals surface area contributed by atoms with E-state index in [1.54, 1.807) is 30.3 Å². The zero-order valence-electron chi connectivity index (χ0n) is 15.4. The number of sulfonamides is 1. The maximum atomic E-state index is 12.0. The zero-order valence-corrected chi connectivity index (χ0v) is 16.3. The van der Waals surface area contributed by atoms with Gasteiger partial charge in [-0.05, 0) is 48.7 Å². The van der Waals surface area contributed by atoms with Gasteiger partial charge in [0.2, 0.25) is 15.9 Å². The third kappa shape index (κ3) is 5.55. The van der Waals surface area contributed by atoms with Gasteiger partial charge in [-0.25, -0.2) is 13.1 Å². The van der Waals surface area contributed by atoms with E-state index in [1.165, 1.54) is 13.1 Å². The molecule has 1 aromatic heterocycles. The molecular formula is C20H24N2O4S. The second-order valence-electron chi connectivity index (χ2n) is 6.89. The summed E-state index contributed by atoms with van der Waals surface area (Å²) in [4.78, 5) is 12.0. The highest BCUT2D eigenvalue weighted by molar-refractivity contribution is 7.88. The molecule has 1 heterocycles. The van der Waals surface area contributed by atoms with E-state index in [9.17, 15) is 13.2 Å². The lowest BCUT2D eigenvalue weighted by atomic mass is 10.1. The van der Waals surface area contributed by atoms with E-state index in [2.05, 4.69) is 17.0 Å². The van der Waals surface area contributed by atoms with Gasteiger partial charge in [0, 0.05) is 18.5 Å². The van der Waals surface area contributed by atoms with Crippen molar-refractivity contribution in [3.63, 3.8) is 0 Å². The van der Waals surface area contributed by atoms with Crippen LogP contribution in [0.25, 0.3) is 6.08 Å². The van der Waals surface area contributed by atoms with Crippen molar-refractivity contribution in [2.75, 3.05) is 7.05 Å². The molecule has 27 heavy (non-hydrogen) atoms. The molecule has 0 spiro atoms.